The van der Waals surface area contributed by atoms with E-state index in [-0.39, 0.29) is 6.03 Å². The van der Waals surface area contributed by atoms with Crippen molar-refractivity contribution in [2.75, 3.05) is 50.8 Å². The van der Waals surface area contributed by atoms with Gasteiger partial charge in [-0.25, -0.2) is 14.6 Å². The number of hydrogen-bond acceptors (Lipinski definition) is 5. The van der Waals surface area contributed by atoms with Gasteiger partial charge in [-0.3, -0.25) is 0 Å². The van der Waals surface area contributed by atoms with Crippen molar-refractivity contribution < 1.29 is 14.3 Å². The van der Waals surface area contributed by atoms with Crippen molar-refractivity contribution in [3.8, 4) is 0 Å². The highest BCUT2D eigenvalue weighted by Gasteiger charge is 2.21. The lowest BCUT2D eigenvalue weighted by Crippen LogP contribution is -2.52. The molecule has 23 heavy (non-hydrogen) atoms. The van der Waals surface area contributed by atoms with Crippen LogP contribution in [0.3, 0.4) is 0 Å². The Kier molecular flexibility index (Phi) is 6.46. The molecule has 8 nitrogen and oxygen atoms in total. The van der Waals surface area contributed by atoms with Crippen LogP contribution < -0.4 is 15.5 Å². The van der Waals surface area contributed by atoms with Crippen LogP contribution in [0.25, 0.3) is 0 Å². The van der Waals surface area contributed by atoms with Crippen molar-refractivity contribution in [2.24, 2.45) is 0 Å². The Morgan fingerprint density at radius 3 is 2.57 bits per heavy atom. The Morgan fingerprint density at radius 2 is 1.91 bits per heavy atom. The number of amides is 3. The first-order valence-electron chi connectivity index (χ1n) is 7.80. The van der Waals surface area contributed by atoms with Gasteiger partial charge in [0, 0.05) is 45.5 Å². The SMILES string of the molecule is CCOC(=O)NCCNC(=O)N1CCN(c2ccccn2)CC1. The van der Waals surface area contributed by atoms with E-state index in [0.717, 1.165) is 18.9 Å². The molecule has 0 unspecified atom stereocenters. The van der Waals surface area contributed by atoms with Crippen LogP contribution >= 0.6 is 0 Å². The molecule has 0 aliphatic carbocycles. The van der Waals surface area contributed by atoms with E-state index in [4.69, 9.17) is 4.74 Å². The van der Waals surface area contributed by atoms with Crippen LogP contribution in [0.2, 0.25) is 0 Å². The average Bonchev–Trinajstić information content (AvgIpc) is 2.60. The van der Waals surface area contributed by atoms with E-state index in [9.17, 15) is 9.59 Å². The minimum Gasteiger partial charge on any atom is -0.450 e. The molecular weight excluding hydrogens is 298 g/mol. The van der Waals surface area contributed by atoms with Crippen LogP contribution in [0.5, 0.6) is 0 Å². The number of piperazine rings is 1. The number of rotatable bonds is 5. The summed E-state index contributed by atoms with van der Waals surface area (Å²) < 4.78 is 4.73. The monoisotopic (exact) mass is 321 g/mol. The van der Waals surface area contributed by atoms with Gasteiger partial charge in [0.2, 0.25) is 0 Å². The number of alkyl carbamates (subject to hydrolysis) is 1. The summed E-state index contributed by atoms with van der Waals surface area (Å²) in [6, 6.07) is 5.70. The first kappa shape index (κ1) is 16.9. The summed E-state index contributed by atoms with van der Waals surface area (Å²) in [6.45, 7) is 5.60. The summed E-state index contributed by atoms with van der Waals surface area (Å²) in [5, 5.41) is 5.35. The molecule has 1 aromatic rings. The number of urea groups is 1. The summed E-state index contributed by atoms with van der Waals surface area (Å²) >= 11 is 0. The Morgan fingerprint density at radius 1 is 1.17 bits per heavy atom. The Labute approximate surface area is 135 Å². The van der Waals surface area contributed by atoms with Gasteiger partial charge < -0.3 is 25.2 Å². The number of pyridine rings is 1. The van der Waals surface area contributed by atoms with Gasteiger partial charge in [0.15, 0.2) is 0 Å². The van der Waals surface area contributed by atoms with E-state index in [1.165, 1.54) is 0 Å². The van der Waals surface area contributed by atoms with Gasteiger partial charge >= 0.3 is 12.1 Å². The van der Waals surface area contributed by atoms with Crippen LogP contribution in [0.15, 0.2) is 24.4 Å². The van der Waals surface area contributed by atoms with Crippen molar-refractivity contribution >= 4 is 17.9 Å². The van der Waals surface area contributed by atoms with Crippen LogP contribution in [-0.4, -0.2) is 67.9 Å². The van der Waals surface area contributed by atoms with E-state index < -0.39 is 6.09 Å². The quantitative estimate of drug-likeness (QED) is 0.778. The number of carbonyl (C=O) groups is 2. The van der Waals surface area contributed by atoms with Crippen LogP contribution in [0, 0.1) is 0 Å². The third-order valence-electron chi connectivity index (χ3n) is 3.49. The maximum atomic E-state index is 12.0. The average molecular weight is 321 g/mol. The minimum absolute atomic E-state index is 0.115. The molecule has 2 rings (SSSR count). The van der Waals surface area contributed by atoms with Crippen molar-refractivity contribution in [1.29, 1.82) is 0 Å². The van der Waals surface area contributed by atoms with Crippen LogP contribution in [-0.2, 0) is 4.74 Å². The van der Waals surface area contributed by atoms with E-state index in [2.05, 4.69) is 20.5 Å². The molecule has 0 radical (unpaired) electrons. The maximum Gasteiger partial charge on any atom is 0.407 e. The highest BCUT2D eigenvalue weighted by molar-refractivity contribution is 5.74. The van der Waals surface area contributed by atoms with Gasteiger partial charge in [0.1, 0.15) is 5.82 Å². The third-order valence-corrected chi connectivity index (χ3v) is 3.49. The second-order valence-electron chi connectivity index (χ2n) is 5.04. The zero-order valence-corrected chi connectivity index (χ0v) is 13.3. The van der Waals surface area contributed by atoms with Crippen molar-refractivity contribution in [3.05, 3.63) is 24.4 Å². The predicted octanol–water partition coefficient (Wildman–Crippen LogP) is 0.659. The lowest BCUT2D eigenvalue weighted by Gasteiger charge is -2.35. The summed E-state index contributed by atoms with van der Waals surface area (Å²) in [5.41, 5.74) is 0. The molecule has 1 aromatic heterocycles. The van der Waals surface area contributed by atoms with Gasteiger partial charge in [-0.15, -0.1) is 0 Å². The van der Waals surface area contributed by atoms with Crippen molar-refractivity contribution in [1.82, 2.24) is 20.5 Å². The molecule has 1 aliphatic heterocycles. The predicted molar refractivity (Wildman–Crippen MR) is 86.4 cm³/mol. The highest BCUT2D eigenvalue weighted by atomic mass is 16.5. The molecule has 0 aromatic carbocycles. The molecular formula is C15H23N5O3. The van der Waals surface area contributed by atoms with Gasteiger partial charge in [-0.05, 0) is 19.1 Å². The molecule has 1 fully saturated rings. The molecule has 1 saturated heterocycles. The summed E-state index contributed by atoms with van der Waals surface area (Å²) in [7, 11) is 0. The fraction of sp³-hybridized carbons (Fsp3) is 0.533. The van der Waals surface area contributed by atoms with Crippen LogP contribution in [0.1, 0.15) is 6.92 Å². The topological polar surface area (TPSA) is 86.8 Å². The van der Waals surface area contributed by atoms with E-state index in [1.807, 2.05) is 18.2 Å². The smallest absolute Gasteiger partial charge is 0.407 e. The number of anilines is 1. The first-order chi connectivity index (χ1) is 11.2. The number of aromatic nitrogens is 1. The molecule has 126 valence electrons. The Bertz CT molecular complexity index is 503. The zero-order valence-electron chi connectivity index (χ0n) is 13.3. The molecule has 0 atom stereocenters. The maximum absolute atomic E-state index is 12.0. The first-order valence-corrected chi connectivity index (χ1v) is 7.80. The summed E-state index contributed by atoms with van der Waals surface area (Å²) in [6.07, 6.45) is 1.30. The molecule has 2 N–H and O–H groups in total. The summed E-state index contributed by atoms with van der Waals surface area (Å²) in [4.78, 5) is 31.4. The van der Waals surface area contributed by atoms with Crippen LogP contribution in [0.4, 0.5) is 15.4 Å². The number of nitrogens with one attached hydrogen (secondary N) is 2. The second kappa shape index (κ2) is 8.82. The minimum atomic E-state index is -0.467. The van der Waals surface area contributed by atoms with Gasteiger partial charge in [0.25, 0.3) is 0 Å². The molecule has 0 bridgehead atoms. The molecule has 0 spiro atoms. The summed E-state index contributed by atoms with van der Waals surface area (Å²) in [5.74, 6) is 0.936. The number of ether oxygens (including phenoxy) is 1. The highest BCUT2D eigenvalue weighted by Crippen LogP contribution is 2.12. The van der Waals surface area contributed by atoms with Crippen molar-refractivity contribution in [2.45, 2.75) is 6.92 Å². The van der Waals surface area contributed by atoms with E-state index >= 15 is 0 Å². The standard InChI is InChI=1S/C15H23N5O3/c1-2-23-15(22)18-8-7-17-14(21)20-11-9-19(10-12-20)13-5-3-4-6-16-13/h3-6H,2,7-12H2,1H3,(H,17,21)(H,18,22). The molecule has 0 saturated carbocycles. The largest absolute Gasteiger partial charge is 0.450 e. The third kappa shape index (κ3) is 5.32. The fourth-order valence-electron chi connectivity index (χ4n) is 2.31. The van der Waals surface area contributed by atoms with Gasteiger partial charge in [-0.1, -0.05) is 6.07 Å². The molecule has 8 heteroatoms. The zero-order chi connectivity index (χ0) is 16.5. The van der Waals surface area contributed by atoms with Gasteiger partial charge in [-0.2, -0.15) is 0 Å². The number of hydrogen-bond donors (Lipinski definition) is 2. The fourth-order valence-corrected chi connectivity index (χ4v) is 2.31. The lowest BCUT2D eigenvalue weighted by atomic mass is 10.3. The Hall–Kier alpha value is -2.51. The molecule has 3 amide bonds. The molecule has 1 aliphatic rings. The number of carbonyl (C=O) groups excluding carboxylic acids is 2. The van der Waals surface area contributed by atoms with E-state index in [0.29, 0.717) is 32.8 Å². The lowest BCUT2D eigenvalue weighted by molar-refractivity contribution is 0.152. The molecule has 2 heterocycles. The number of nitrogens with zero attached hydrogens (tertiary/aromatic N) is 3. The Balaban J connectivity index is 1.65. The second-order valence-corrected chi connectivity index (χ2v) is 5.04. The van der Waals surface area contributed by atoms with E-state index in [1.54, 1.807) is 18.0 Å². The van der Waals surface area contributed by atoms with Crippen molar-refractivity contribution in [3.63, 3.8) is 0 Å². The normalized spacial score (nSPS) is 14.3. The van der Waals surface area contributed by atoms with Gasteiger partial charge in [0.05, 0.1) is 6.61 Å².